The summed E-state index contributed by atoms with van der Waals surface area (Å²) < 4.78 is 13.4. The van der Waals surface area contributed by atoms with E-state index in [1.165, 1.54) is 31.4 Å². The van der Waals surface area contributed by atoms with Crippen molar-refractivity contribution < 1.29 is 9.47 Å². The minimum Gasteiger partial charge on any atom is -0.495 e. The lowest BCUT2D eigenvalue weighted by molar-refractivity contribution is 0.180. The molecule has 2 heterocycles. The monoisotopic (exact) mass is 329 g/mol. The Morgan fingerprint density at radius 3 is 2.79 bits per heavy atom. The van der Waals surface area contributed by atoms with E-state index >= 15 is 0 Å². The Morgan fingerprint density at radius 1 is 1.21 bits per heavy atom. The number of hydrogen-bond donors (Lipinski definition) is 0. The summed E-state index contributed by atoms with van der Waals surface area (Å²) in [6.45, 7) is 5.09. The van der Waals surface area contributed by atoms with Gasteiger partial charge in [0, 0.05) is 35.8 Å². The molecule has 0 N–H and O–H groups in total. The van der Waals surface area contributed by atoms with Crippen LogP contribution in [0.5, 0.6) is 11.5 Å². The summed E-state index contributed by atoms with van der Waals surface area (Å²) in [6, 6.07) is 4.46. The van der Waals surface area contributed by atoms with Crippen molar-refractivity contribution >= 4 is 0 Å². The van der Waals surface area contributed by atoms with E-state index in [0.717, 1.165) is 11.5 Å². The summed E-state index contributed by atoms with van der Waals surface area (Å²) in [5, 5.41) is 4.52. The van der Waals surface area contributed by atoms with Gasteiger partial charge in [-0.2, -0.15) is 5.10 Å². The van der Waals surface area contributed by atoms with Crippen molar-refractivity contribution in [2.45, 2.75) is 51.5 Å². The summed E-state index contributed by atoms with van der Waals surface area (Å²) in [5.41, 5.74) is 1.35. The van der Waals surface area contributed by atoms with Gasteiger partial charge >= 0.3 is 0 Å². The fraction of sp³-hybridized carbons (Fsp3) is 0.579. The average Bonchev–Trinajstić information content (AvgIpc) is 3.10. The highest BCUT2D eigenvalue weighted by molar-refractivity contribution is 5.28. The predicted octanol–water partition coefficient (Wildman–Crippen LogP) is 4.22. The third-order valence-electron chi connectivity index (χ3n) is 4.87. The first-order valence-electron chi connectivity index (χ1n) is 8.84. The van der Waals surface area contributed by atoms with Crippen molar-refractivity contribution in [3.8, 4) is 11.5 Å². The largest absolute Gasteiger partial charge is 0.495 e. The average molecular weight is 329 g/mol. The summed E-state index contributed by atoms with van der Waals surface area (Å²) in [5.74, 6) is 2.53. The molecular formula is C19H27N3O2. The van der Waals surface area contributed by atoms with Gasteiger partial charge in [-0.15, -0.1) is 0 Å². The molecule has 5 nitrogen and oxygen atoms in total. The van der Waals surface area contributed by atoms with Crippen LogP contribution in [0, 0.1) is 5.92 Å². The fourth-order valence-electron chi connectivity index (χ4n) is 3.64. The Hall–Kier alpha value is -2.04. The molecule has 1 saturated carbocycles. The molecule has 1 fully saturated rings. The van der Waals surface area contributed by atoms with Gasteiger partial charge in [-0.3, -0.25) is 9.67 Å². The maximum atomic E-state index is 6.04. The highest BCUT2D eigenvalue weighted by Gasteiger charge is 2.30. The van der Waals surface area contributed by atoms with Crippen molar-refractivity contribution in [1.29, 1.82) is 0 Å². The van der Waals surface area contributed by atoms with Crippen LogP contribution in [0.25, 0.3) is 0 Å². The van der Waals surface area contributed by atoms with Crippen molar-refractivity contribution in [1.82, 2.24) is 14.8 Å². The van der Waals surface area contributed by atoms with E-state index in [1.54, 1.807) is 19.5 Å². The Morgan fingerprint density at radius 2 is 2.00 bits per heavy atom. The van der Waals surface area contributed by atoms with Crippen molar-refractivity contribution in [3.63, 3.8) is 0 Å². The number of pyridine rings is 1. The summed E-state index contributed by atoms with van der Waals surface area (Å²) in [6.07, 6.45) is 10.3. The summed E-state index contributed by atoms with van der Waals surface area (Å²) in [4.78, 5) is 4.16. The van der Waals surface area contributed by atoms with Gasteiger partial charge in [-0.25, -0.2) is 0 Å². The lowest BCUT2D eigenvalue weighted by Crippen LogP contribution is -2.26. The van der Waals surface area contributed by atoms with Crippen LogP contribution in [0.1, 0.15) is 57.2 Å². The Bertz CT molecular complexity index is 654. The molecule has 5 heteroatoms. The molecule has 130 valence electrons. The number of rotatable bonds is 6. The normalized spacial score (nSPS) is 21.0. The highest BCUT2D eigenvalue weighted by atomic mass is 16.5. The zero-order chi connectivity index (χ0) is 16.9. The molecule has 2 aromatic rings. The molecule has 2 aromatic heterocycles. The summed E-state index contributed by atoms with van der Waals surface area (Å²) in [7, 11) is 1.64. The SMILES string of the molecule is COc1cncc(OCC2CCCCC2c2ccnn2C(C)C)c1. The van der Waals surface area contributed by atoms with Gasteiger partial charge in [-0.05, 0) is 32.8 Å². The molecule has 1 aliphatic rings. The number of hydrogen-bond acceptors (Lipinski definition) is 4. The third kappa shape index (κ3) is 3.71. The quantitative estimate of drug-likeness (QED) is 0.796. The van der Waals surface area contributed by atoms with Crippen LogP contribution in [0.15, 0.2) is 30.7 Å². The zero-order valence-electron chi connectivity index (χ0n) is 14.8. The van der Waals surface area contributed by atoms with E-state index in [9.17, 15) is 0 Å². The van der Waals surface area contributed by atoms with Gasteiger partial charge in [0.25, 0.3) is 0 Å². The minimum absolute atomic E-state index is 0.390. The van der Waals surface area contributed by atoms with Gasteiger partial charge in [0.05, 0.1) is 26.1 Å². The van der Waals surface area contributed by atoms with Crippen LogP contribution in [0.2, 0.25) is 0 Å². The van der Waals surface area contributed by atoms with Crippen molar-refractivity contribution in [3.05, 3.63) is 36.4 Å². The lowest BCUT2D eigenvalue weighted by atomic mass is 9.77. The molecule has 0 amide bonds. The van der Waals surface area contributed by atoms with Crippen LogP contribution < -0.4 is 9.47 Å². The maximum Gasteiger partial charge on any atom is 0.141 e. The molecule has 0 spiro atoms. The fourth-order valence-corrected chi connectivity index (χ4v) is 3.64. The summed E-state index contributed by atoms with van der Waals surface area (Å²) >= 11 is 0. The molecule has 2 atom stereocenters. The second-order valence-corrected chi connectivity index (χ2v) is 6.82. The zero-order valence-corrected chi connectivity index (χ0v) is 14.8. The van der Waals surface area contributed by atoms with E-state index < -0.39 is 0 Å². The first kappa shape index (κ1) is 16.8. The number of nitrogens with zero attached hydrogens (tertiary/aromatic N) is 3. The third-order valence-corrected chi connectivity index (χ3v) is 4.87. The van der Waals surface area contributed by atoms with E-state index in [1.807, 2.05) is 12.3 Å². The molecule has 0 aliphatic heterocycles. The first-order valence-corrected chi connectivity index (χ1v) is 8.84. The number of methoxy groups -OCH3 is 1. The van der Waals surface area contributed by atoms with E-state index in [2.05, 4.69) is 34.7 Å². The smallest absolute Gasteiger partial charge is 0.141 e. The lowest BCUT2D eigenvalue weighted by Gasteiger charge is -2.32. The van der Waals surface area contributed by atoms with Crippen molar-refractivity contribution in [2.24, 2.45) is 5.92 Å². The predicted molar refractivity (Wildman–Crippen MR) is 93.6 cm³/mol. The number of aromatic nitrogens is 3. The second kappa shape index (κ2) is 7.69. The number of ether oxygens (including phenoxy) is 2. The minimum atomic E-state index is 0.390. The first-order chi connectivity index (χ1) is 11.7. The Kier molecular flexibility index (Phi) is 5.38. The molecule has 3 rings (SSSR count). The highest BCUT2D eigenvalue weighted by Crippen LogP contribution is 2.38. The Balaban J connectivity index is 1.71. The Labute approximate surface area is 144 Å². The second-order valence-electron chi connectivity index (χ2n) is 6.82. The van der Waals surface area contributed by atoms with Gasteiger partial charge < -0.3 is 9.47 Å². The molecule has 2 unspecified atom stereocenters. The molecule has 0 aromatic carbocycles. The van der Waals surface area contributed by atoms with Gasteiger partial charge in [0.1, 0.15) is 11.5 Å². The standard InChI is InChI=1S/C19H27N3O2/c1-14(2)22-19(8-9-21-22)18-7-5-4-6-15(18)13-24-17-10-16(23-3)11-20-12-17/h8-12,14-15,18H,4-7,13H2,1-3H3. The van der Waals surface area contributed by atoms with Crippen LogP contribution >= 0.6 is 0 Å². The van der Waals surface area contributed by atoms with Crippen LogP contribution in [-0.4, -0.2) is 28.5 Å². The van der Waals surface area contributed by atoms with Gasteiger partial charge in [0.15, 0.2) is 0 Å². The molecule has 24 heavy (non-hydrogen) atoms. The topological polar surface area (TPSA) is 49.2 Å². The van der Waals surface area contributed by atoms with Gasteiger partial charge in [-0.1, -0.05) is 12.8 Å². The van der Waals surface area contributed by atoms with Gasteiger partial charge in [0.2, 0.25) is 0 Å². The van der Waals surface area contributed by atoms with Crippen LogP contribution in [0.4, 0.5) is 0 Å². The van der Waals surface area contributed by atoms with E-state index in [4.69, 9.17) is 9.47 Å². The van der Waals surface area contributed by atoms with Crippen LogP contribution in [0.3, 0.4) is 0 Å². The van der Waals surface area contributed by atoms with E-state index in [-0.39, 0.29) is 0 Å². The molecular weight excluding hydrogens is 302 g/mol. The molecule has 1 aliphatic carbocycles. The molecule has 0 bridgehead atoms. The molecule has 0 saturated heterocycles. The van der Waals surface area contributed by atoms with E-state index in [0.29, 0.717) is 24.5 Å². The van der Waals surface area contributed by atoms with Crippen LogP contribution in [-0.2, 0) is 0 Å². The maximum absolute atomic E-state index is 6.04. The molecule has 0 radical (unpaired) electrons. The van der Waals surface area contributed by atoms with Crippen molar-refractivity contribution in [2.75, 3.05) is 13.7 Å².